The SMILES string of the molecule is C#C[C@H]1CC[C@@H](C#N)N1C(=O)CNC12CC3CC(CC(O)(C3)C1)C2. The fourth-order valence-electron chi connectivity index (χ4n) is 6.22. The Morgan fingerprint density at radius 1 is 1.25 bits per heavy atom. The van der Waals surface area contributed by atoms with E-state index in [0.29, 0.717) is 24.7 Å². The Bertz CT molecular complexity index is 596. The molecule has 1 heterocycles. The number of terminal acetylenes is 1. The van der Waals surface area contributed by atoms with Crippen molar-refractivity contribution in [2.45, 2.75) is 74.6 Å². The van der Waals surface area contributed by atoms with E-state index in [2.05, 4.69) is 17.3 Å². The molecule has 4 aliphatic carbocycles. The molecule has 128 valence electrons. The largest absolute Gasteiger partial charge is 0.390 e. The zero-order chi connectivity index (χ0) is 16.9. The Morgan fingerprint density at radius 3 is 2.50 bits per heavy atom. The van der Waals surface area contributed by atoms with Gasteiger partial charge in [-0.2, -0.15) is 5.26 Å². The van der Waals surface area contributed by atoms with Crippen LogP contribution in [0.25, 0.3) is 0 Å². The Balaban J connectivity index is 1.44. The first-order chi connectivity index (χ1) is 11.5. The molecule has 5 nitrogen and oxygen atoms in total. The highest BCUT2D eigenvalue weighted by Crippen LogP contribution is 2.57. The van der Waals surface area contributed by atoms with Crippen LogP contribution in [0.4, 0.5) is 0 Å². The van der Waals surface area contributed by atoms with Gasteiger partial charge < -0.3 is 15.3 Å². The normalized spacial score (nSPS) is 45.9. The highest BCUT2D eigenvalue weighted by molar-refractivity contribution is 5.80. The average Bonchev–Trinajstić information content (AvgIpc) is 2.93. The van der Waals surface area contributed by atoms with Crippen LogP contribution in [-0.2, 0) is 4.79 Å². The van der Waals surface area contributed by atoms with Gasteiger partial charge in [0.1, 0.15) is 6.04 Å². The molecule has 0 aromatic rings. The van der Waals surface area contributed by atoms with Crippen molar-refractivity contribution >= 4 is 5.91 Å². The van der Waals surface area contributed by atoms with Gasteiger partial charge in [0.15, 0.2) is 0 Å². The second-order valence-corrected chi connectivity index (χ2v) is 8.52. The lowest BCUT2D eigenvalue weighted by Crippen LogP contribution is -2.65. The number of carbonyl (C=O) groups excluding carboxylic acids is 1. The molecule has 1 saturated heterocycles. The van der Waals surface area contributed by atoms with Crippen LogP contribution in [0.3, 0.4) is 0 Å². The number of hydrogen-bond donors (Lipinski definition) is 2. The Labute approximate surface area is 143 Å². The van der Waals surface area contributed by atoms with Crippen molar-refractivity contribution < 1.29 is 9.90 Å². The van der Waals surface area contributed by atoms with E-state index in [1.165, 1.54) is 6.42 Å². The van der Waals surface area contributed by atoms with Crippen LogP contribution in [-0.4, -0.2) is 45.7 Å². The monoisotopic (exact) mass is 327 g/mol. The summed E-state index contributed by atoms with van der Waals surface area (Å²) in [4.78, 5) is 14.3. The number of hydrogen-bond acceptors (Lipinski definition) is 4. The molecule has 0 spiro atoms. The number of nitriles is 1. The quantitative estimate of drug-likeness (QED) is 0.763. The van der Waals surface area contributed by atoms with Crippen LogP contribution >= 0.6 is 0 Å². The third kappa shape index (κ3) is 2.51. The number of nitrogens with zero attached hydrogens (tertiary/aromatic N) is 2. The maximum atomic E-state index is 12.7. The van der Waals surface area contributed by atoms with Gasteiger partial charge in [-0.15, -0.1) is 6.42 Å². The molecular weight excluding hydrogens is 302 g/mol. The Hall–Kier alpha value is -1.56. The number of rotatable bonds is 3. The molecule has 5 heteroatoms. The number of nitrogens with one attached hydrogen (secondary N) is 1. The molecule has 1 amide bonds. The Morgan fingerprint density at radius 2 is 1.92 bits per heavy atom. The van der Waals surface area contributed by atoms with Gasteiger partial charge in [0.25, 0.3) is 0 Å². The van der Waals surface area contributed by atoms with Gasteiger partial charge in [-0.05, 0) is 63.2 Å². The third-order valence-corrected chi connectivity index (χ3v) is 6.66. The van der Waals surface area contributed by atoms with Crippen LogP contribution < -0.4 is 5.32 Å². The van der Waals surface area contributed by atoms with E-state index in [1.807, 2.05) is 0 Å². The van der Waals surface area contributed by atoms with Gasteiger partial charge in [-0.1, -0.05) is 5.92 Å². The smallest absolute Gasteiger partial charge is 0.238 e. The molecule has 2 N–H and O–H groups in total. The van der Waals surface area contributed by atoms with Gasteiger partial charge in [-0.25, -0.2) is 0 Å². The summed E-state index contributed by atoms with van der Waals surface area (Å²) in [5.74, 6) is 3.73. The molecular formula is C19H25N3O2. The Kier molecular flexibility index (Phi) is 3.64. The minimum absolute atomic E-state index is 0.0789. The third-order valence-electron chi connectivity index (χ3n) is 6.66. The van der Waals surface area contributed by atoms with E-state index in [1.54, 1.807) is 4.90 Å². The van der Waals surface area contributed by atoms with Gasteiger partial charge >= 0.3 is 0 Å². The summed E-state index contributed by atoms with van der Waals surface area (Å²) in [7, 11) is 0. The first-order valence-electron chi connectivity index (χ1n) is 9.10. The minimum Gasteiger partial charge on any atom is -0.390 e. The van der Waals surface area contributed by atoms with Crippen molar-refractivity contribution in [3.8, 4) is 18.4 Å². The van der Waals surface area contributed by atoms with E-state index >= 15 is 0 Å². The first-order valence-corrected chi connectivity index (χ1v) is 9.10. The summed E-state index contributed by atoms with van der Waals surface area (Å²) in [6, 6.07) is 1.54. The lowest BCUT2D eigenvalue weighted by atomic mass is 9.51. The lowest BCUT2D eigenvalue weighted by molar-refractivity contribution is -0.147. The van der Waals surface area contributed by atoms with Crippen LogP contribution in [0.15, 0.2) is 0 Å². The van der Waals surface area contributed by atoms with Crippen LogP contribution in [0.2, 0.25) is 0 Å². The number of likely N-dealkylation sites (tertiary alicyclic amines) is 1. The highest BCUT2D eigenvalue weighted by Gasteiger charge is 2.57. The first kappa shape index (κ1) is 15.9. The maximum absolute atomic E-state index is 12.7. The van der Waals surface area contributed by atoms with E-state index in [9.17, 15) is 15.2 Å². The zero-order valence-electron chi connectivity index (χ0n) is 14.0. The van der Waals surface area contributed by atoms with Crippen LogP contribution in [0.5, 0.6) is 0 Å². The molecule has 5 rings (SSSR count). The molecule has 2 unspecified atom stereocenters. The highest BCUT2D eigenvalue weighted by atomic mass is 16.3. The van der Waals surface area contributed by atoms with Crippen molar-refractivity contribution in [3.05, 3.63) is 0 Å². The second-order valence-electron chi connectivity index (χ2n) is 8.52. The van der Waals surface area contributed by atoms with E-state index in [4.69, 9.17) is 6.42 Å². The van der Waals surface area contributed by atoms with E-state index in [0.717, 1.165) is 32.1 Å². The zero-order valence-corrected chi connectivity index (χ0v) is 14.0. The van der Waals surface area contributed by atoms with Crippen molar-refractivity contribution in [1.82, 2.24) is 10.2 Å². The van der Waals surface area contributed by atoms with Crippen LogP contribution in [0.1, 0.15) is 51.4 Å². The van der Waals surface area contributed by atoms with Gasteiger partial charge in [0, 0.05) is 5.54 Å². The molecule has 0 aromatic heterocycles. The molecule has 1 aliphatic heterocycles. The average molecular weight is 327 g/mol. The summed E-state index contributed by atoms with van der Waals surface area (Å²) < 4.78 is 0. The van der Waals surface area contributed by atoms with Crippen LogP contribution in [0, 0.1) is 35.5 Å². The van der Waals surface area contributed by atoms with Crippen molar-refractivity contribution in [2.24, 2.45) is 11.8 Å². The number of amides is 1. The van der Waals surface area contributed by atoms with Gasteiger partial charge in [0.05, 0.1) is 24.3 Å². The molecule has 4 atom stereocenters. The van der Waals surface area contributed by atoms with Crippen molar-refractivity contribution in [3.63, 3.8) is 0 Å². The predicted molar refractivity (Wildman–Crippen MR) is 88.5 cm³/mol. The summed E-state index contributed by atoms with van der Waals surface area (Å²) in [5, 5.41) is 23.6. The summed E-state index contributed by atoms with van der Waals surface area (Å²) in [6.45, 7) is 0.214. The molecule has 5 aliphatic rings. The fourth-order valence-corrected chi connectivity index (χ4v) is 6.22. The van der Waals surface area contributed by atoms with Crippen molar-refractivity contribution in [1.29, 1.82) is 5.26 Å². The summed E-state index contributed by atoms with van der Waals surface area (Å²) >= 11 is 0. The molecule has 0 radical (unpaired) electrons. The number of carbonyl (C=O) groups is 1. The molecule has 0 aromatic carbocycles. The molecule has 4 bridgehead atoms. The topological polar surface area (TPSA) is 76.4 Å². The van der Waals surface area contributed by atoms with E-state index < -0.39 is 11.6 Å². The van der Waals surface area contributed by atoms with E-state index in [-0.39, 0.29) is 24.0 Å². The second kappa shape index (κ2) is 5.48. The molecule has 24 heavy (non-hydrogen) atoms. The summed E-state index contributed by atoms with van der Waals surface area (Å²) in [6.07, 6.45) is 12.8. The maximum Gasteiger partial charge on any atom is 0.238 e. The predicted octanol–water partition coefficient (Wildman–Crippen LogP) is 1.18. The van der Waals surface area contributed by atoms with Crippen molar-refractivity contribution in [2.75, 3.05) is 6.54 Å². The minimum atomic E-state index is -0.537. The molecule has 4 saturated carbocycles. The van der Waals surface area contributed by atoms with Gasteiger partial charge in [-0.3, -0.25) is 4.79 Å². The standard InChI is InChI=1S/C19H25N3O2/c1-2-15-3-4-16(10-20)22(15)17(23)11-21-18-6-13-5-14(7-18)9-19(24,8-13)12-18/h1,13-16,21,24H,3-9,11-12H2/t13?,14?,15-,16-,18?,19?/m0/s1. The van der Waals surface area contributed by atoms with Gasteiger partial charge in [0.2, 0.25) is 5.91 Å². The number of aliphatic hydroxyl groups is 1. The molecule has 5 fully saturated rings. The fraction of sp³-hybridized carbons (Fsp3) is 0.789. The lowest BCUT2D eigenvalue weighted by Gasteiger charge is -2.60. The summed E-state index contributed by atoms with van der Waals surface area (Å²) in [5.41, 5.74) is -0.647.